The minimum atomic E-state index is -0.0484. The zero-order valence-corrected chi connectivity index (χ0v) is 10.9. The number of hydrogen-bond acceptors (Lipinski definition) is 3. The molecule has 3 rings (SSSR count). The van der Waals surface area contributed by atoms with E-state index in [2.05, 4.69) is 34.9 Å². The van der Waals surface area contributed by atoms with Crippen LogP contribution in [-0.4, -0.2) is 31.5 Å². The van der Waals surface area contributed by atoms with Crippen LogP contribution in [0, 0.1) is 0 Å². The summed E-state index contributed by atoms with van der Waals surface area (Å²) in [5, 5.41) is 8.91. The fourth-order valence-electron chi connectivity index (χ4n) is 2.64. The smallest absolute Gasteiger partial charge is 0.155 e. The summed E-state index contributed by atoms with van der Waals surface area (Å²) in [6.45, 7) is 2.55. The Morgan fingerprint density at radius 1 is 1.11 bits per heavy atom. The molecule has 1 aliphatic rings. The molecule has 19 heavy (non-hydrogen) atoms. The highest BCUT2D eigenvalue weighted by Crippen LogP contribution is 2.19. The molecule has 3 nitrogen and oxygen atoms in total. The number of ketones is 1. The first kappa shape index (κ1) is 12.3. The van der Waals surface area contributed by atoms with Gasteiger partial charge in [-0.3, -0.25) is 4.79 Å². The second-order valence-electron chi connectivity index (χ2n) is 4.99. The number of nitrogens with one attached hydrogen (secondary N) is 2. The van der Waals surface area contributed by atoms with Crippen molar-refractivity contribution in [1.82, 2.24) is 10.6 Å². The average Bonchev–Trinajstić information content (AvgIpc) is 2.48. The third kappa shape index (κ3) is 2.67. The molecule has 0 aliphatic carbocycles. The maximum Gasteiger partial charge on any atom is 0.155 e. The number of benzene rings is 2. The van der Waals surface area contributed by atoms with E-state index in [9.17, 15) is 4.79 Å². The summed E-state index contributed by atoms with van der Waals surface area (Å²) in [7, 11) is 0. The molecule has 2 aromatic carbocycles. The summed E-state index contributed by atoms with van der Waals surface area (Å²) in [6.07, 6.45) is 0.501. The molecular formula is C16H18N2O. The second kappa shape index (κ2) is 5.51. The van der Waals surface area contributed by atoms with Gasteiger partial charge in [-0.15, -0.1) is 0 Å². The first-order chi connectivity index (χ1) is 9.34. The molecule has 98 valence electrons. The molecule has 1 unspecified atom stereocenters. The van der Waals surface area contributed by atoms with Crippen LogP contribution >= 0.6 is 0 Å². The largest absolute Gasteiger partial charge is 0.313 e. The summed E-state index contributed by atoms with van der Waals surface area (Å²) in [4.78, 5) is 12.3. The topological polar surface area (TPSA) is 41.1 Å². The van der Waals surface area contributed by atoms with Gasteiger partial charge >= 0.3 is 0 Å². The van der Waals surface area contributed by atoms with E-state index >= 15 is 0 Å². The van der Waals surface area contributed by atoms with Gasteiger partial charge in [0.15, 0.2) is 5.78 Å². The van der Waals surface area contributed by atoms with E-state index < -0.39 is 0 Å². The van der Waals surface area contributed by atoms with Gasteiger partial charge in [-0.2, -0.15) is 0 Å². The molecule has 1 heterocycles. The maximum atomic E-state index is 12.3. The number of fused-ring (bicyclic) bond motifs is 1. The maximum absolute atomic E-state index is 12.3. The fraction of sp³-hybridized carbons (Fsp3) is 0.312. The Bertz CT molecular complexity index is 583. The lowest BCUT2D eigenvalue weighted by Crippen LogP contribution is -2.52. The third-order valence-electron chi connectivity index (χ3n) is 3.67. The van der Waals surface area contributed by atoms with Crippen LogP contribution in [0.3, 0.4) is 0 Å². The monoisotopic (exact) mass is 254 g/mol. The molecule has 3 heteroatoms. The minimum Gasteiger partial charge on any atom is -0.313 e. The number of piperazine rings is 1. The normalized spacial score (nSPS) is 19.5. The standard InChI is InChI=1S/C16H18N2O/c19-16(15-11-17-8-9-18-15)10-13-6-3-5-12-4-1-2-7-14(12)13/h1-7,15,17-18H,8-11H2. The molecule has 0 amide bonds. The van der Waals surface area contributed by atoms with Crippen LogP contribution < -0.4 is 10.6 Å². The summed E-state index contributed by atoms with van der Waals surface area (Å²) >= 11 is 0. The molecule has 2 aromatic rings. The number of carbonyl (C=O) groups is 1. The van der Waals surface area contributed by atoms with Crippen LogP contribution in [0.5, 0.6) is 0 Å². The number of hydrogen-bond donors (Lipinski definition) is 2. The predicted octanol–water partition coefficient (Wildman–Crippen LogP) is 1.51. The van der Waals surface area contributed by atoms with Gasteiger partial charge in [-0.1, -0.05) is 42.5 Å². The van der Waals surface area contributed by atoms with E-state index in [0.29, 0.717) is 6.42 Å². The van der Waals surface area contributed by atoms with Crippen molar-refractivity contribution in [3.05, 3.63) is 48.0 Å². The SMILES string of the molecule is O=C(Cc1cccc2ccccc12)C1CNCCN1. The first-order valence-corrected chi connectivity index (χ1v) is 6.78. The van der Waals surface area contributed by atoms with Crippen molar-refractivity contribution >= 4 is 16.6 Å². The zero-order valence-electron chi connectivity index (χ0n) is 10.9. The molecule has 1 aliphatic heterocycles. The van der Waals surface area contributed by atoms with E-state index in [1.165, 1.54) is 10.8 Å². The Labute approximate surface area is 113 Å². The van der Waals surface area contributed by atoms with E-state index in [0.717, 1.165) is 25.2 Å². The number of carbonyl (C=O) groups excluding carboxylic acids is 1. The molecule has 1 atom stereocenters. The van der Waals surface area contributed by atoms with Crippen LogP contribution in [-0.2, 0) is 11.2 Å². The summed E-state index contributed by atoms with van der Waals surface area (Å²) < 4.78 is 0. The van der Waals surface area contributed by atoms with Gasteiger partial charge in [0.05, 0.1) is 6.04 Å². The lowest BCUT2D eigenvalue weighted by molar-refractivity contribution is -0.120. The highest BCUT2D eigenvalue weighted by Gasteiger charge is 2.20. The lowest BCUT2D eigenvalue weighted by atomic mass is 9.97. The average molecular weight is 254 g/mol. The molecule has 0 bridgehead atoms. The third-order valence-corrected chi connectivity index (χ3v) is 3.67. The summed E-state index contributed by atoms with van der Waals surface area (Å²) in [5.74, 6) is 0.267. The van der Waals surface area contributed by atoms with E-state index in [1.807, 2.05) is 18.2 Å². The van der Waals surface area contributed by atoms with Crippen molar-refractivity contribution in [2.24, 2.45) is 0 Å². The molecule has 0 radical (unpaired) electrons. The fourth-order valence-corrected chi connectivity index (χ4v) is 2.64. The Balaban J connectivity index is 1.82. The van der Waals surface area contributed by atoms with Gasteiger partial charge in [-0.05, 0) is 16.3 Å². The van der Waals surface area contributed by atoms with Crippen LogP contribution in [0.25, 0.3) is 10.8 Å². The van der Waals surface area contributed by atoms with Crippen LogP contribution in [0.4, 0.5) is 0 Å². The molecule has 1 fully saturated rings. The van der Waals surface area contributed by atoms with E-state index in [1.54, 1.807) is 0 Å². The van der Waals surface area contributed by atoms with E-state index in [4.69, 9.17) is 0 Å². The van der Waals surface area contributed by atoms with Crippen molar-refractivity contribution < 1.29 is 4.79 Å². The Hall–Kier alpha value is -1.71. The molecule has 0 saturated carbocycles. The van der Waals surface area contributed by atoms with Crippen molar-refractivity contribution in [3.8, 4) is 0 Å². The van der Waals surface area contributed by atoms with E-state index in [-0.39, 0.29) is 11.8 Å². The Kier molecular flexibility index (Phi) is 3.58. The molecule has 0 aromatic heterocycles. The second-order valence-corrected chi connectivity index (χ2v) is 4.99. The van der Waals surface area contributed by atoms with Gasteiger partial charge in [0.2, 0.25) is 0 Å². The summed E-state index contributed by atoms with van der Waals surface area (Å²) in [5.41, 5.74) is 1.12. The van der Waals surface area contributed by atoms with Crippen molar-refractivity contribution in [3.63, 3.8) is 0 Å². The Morgan fingerprint density at radius 3 is 2.79 bits per heavy atom. The van der Waals surface area contributed by atoms with Gasteiger partial charge in [0.1, 0.15) is 0 Å². The minimum absolute atomic E-state index is 0.0484. The number of rotatable bonds is 3. The van der Waals surface area contributed by atoms with Gasteiger partial charge in [0, 0.05) is 26.1 Å². The van der Waals surface area contributed by atoms with Crippen LogP contribution in [0.15, 0.2) is 42.5 Å². The molecule has 2 N–H and O–H groups in total. The van der Waals surface area contributed by atoms with Gasteiger partial charge in [0.25, 0.3) is 0 Å². The highest BCUT2D eigenvalue weighted by molar-refractivity contribution is 5.93. The molecule has 1 saturated heterocycles. The van der Waals surface area contributed by atoms with Gasteiger partial charge < -0.3 is 10.6 Å². The van der Waals surface area contributed by atoms with Gasteiger partial charge in [-0.25, -0.2) is 0 Å². The van der Waals surface area contributed by atoms with Crippen molar-refractivity contribution in [2.75, 3.05) is 19.6 Å². The quantitative estimate of drug-likeness (QED) is 0.872. The lowest BCUT2D eigenvalue weighted by Gasteiger charge is -2.23. The zero-order chi connectivity index (χ0) is 13.1. The van der Waals surface area contributed by atoms with Crippen LogP contribution in [0.1, 0.15) is 5.56 Å². The van der Waals surface area contributed by atoms with Crippen molar-refractivity contribution in [1.29, 1.82) is 0 Å². The van der Waals surface area contributed by atoms with Crippen LogP contribution in [0.2, 0.25) is 0 Å². The molecule has 0 spiro atoms. The predicted molar refractivity (Wildman–Crippen MR) is 77.3 cm³/mol. The molecular weight excluding hydrogens is 236 g/mol. The first-order valence-electron chi connectivity index (χ1n) is 6.78. The summed E-state index contributed by atoms with van der Waals surface area (Å²) in [6, 6.07) is 14.3. The van der Waals surface area contributed by atoms with Crippen molar-refractivity contribution in [2.45, 2.75) is 12.5 Å². The highest BCUT2D eigenvalue weighted by atomic mass is 16.1. The Morgan fingerprint density at radius 2 is 1.95 bits per heavy atom. The number of Topliss-reactive ketones (excluding diaryl/α,β-unsaturated/α-hetero) is 1.